The fraction of sp³-hybridized carbons (Fsp3) is 0.263. The van der Waals surface area contributed by atoms with Crippen LogP contribution in [0.5, 0.6) is 0 Å². The number of hydrogen-bond acceptors (Lipinski definition) is 4. The van der Waals surface area contributed by atoms with E-state index in [0.29, 0.717) is 24.9 Å². The maximum Gasteiger partial charge on any atom is 0.269 e. The normalized spacial score (nSPS) is 13.2. The molecule has 0 unspecified atom stereocenters. The van der Waals surface area contributed by atoms with Crippen LogP contribution < -0.4 is 4.90 Å². The van der Waals surface area contributed by atoms with E-state index in [0.717, 1.165) is 29.7 Å². The zero-order chi connectivity index (χ0) is 17.8. The molecule has 1 heterocycles. The van der Waals surface area contributed by atoms with Gasteiger partial charge in [-0.2, -0.15) is 5.26 Å². The van der Waals surface area contributed by atoms with E-state index in [1.807, 2.05) is 12.1 Å². The van der Waals surface area contributed by atoms with Gasteiger partial charge < -0.3 is 4.90 Å². The number of rotatable bonds is 5. The number of carbonyl (C=O) groups is 1. The third-order valence-electron chi connectivity index (χ3n) is 4.40. The van der Waals surface area contributed by atoms with E-state index in [1.165, 1.54) is 6.07 Å². The van der Waals surface area contributed by atoms with Gasteiger partial charge in [-0.25, -0.2) is 0 Å². The van der Waals surface area contributed by atoms with Crippen LogP contribution in [-0.4, -0.2) is 17.4 Å². The van der Waals surface area contributed by atoms with E-state index >= 15 is 0 Å². The van der Waals surface area contributed by atoms with Crippen molar-refractivity contribution < 1.29 is 9.72 Å². The number of benzene rings is 2. The molecule has 0 bridgehead atoms. The van der Waals surface area contributed by atoms with Gasteiger partial charge in [-0.05, 0) is 48.6 Å². The average molecular weight is 335 g/mol. The number of non-ortho nitro benzene ring substituents is 1. The molecule has 6 heteroatoms. The summed E-state index contributed by atoms with van der Waals surface area (Å²) in [5.74, 6) is 0.0566. The minimum Gasteiger partial charge on any atom is -0.312 e. The summed E-state index contributed by atoms with van der Waals surface area (Å²) >= 11 is 0. The Bertz CT molecular complexity index is 853. The van der Waals surface area contributed by atoms with E-state index in [-0.39, 0.29) is 11.6 Å². The van der Waals surface area contributed by atoms with Crippen molar-refractivity contribution in [2.24, 2.45) is 0 Å². The molecule has 0 N–H and O–H groups in total. The van der Waals surface area contributed by atoms with Crippen LogP contribution in [0.4, 0.5) is 11.4 Å². The van der Waals surface area contributed by atoms with Crippen LogP contribution in [-0.2, 0) is 17.6 Å². The lowest BCUT2D eigenvalue weighted by molar-refractivity contribution is -0.384. The van der Waals surface area contributed by atoms with Crippen molar-refractivity contribution in [1.29, 1.82) is 5.26 Å². The summed E-state index contributed by atoms with van der Waals surface area (Å²) in [5, 5.41) is 19.7. The van der Waals surface area contributed by atoms with Crippen molar-refractivity contribution >= 4 is 17.3 Å². The van der Waals surface area contributed by atoms with Gasteiger partial charge in [-0.1, -0.05) is 12.1 Å². The maximum atomic E-state index is 12.3. The molecule has 0 radical (unpaired) electrons. The molecule has 0 saturated carbocycles. The lowest BCUT2D eigenvalue weighted by Gasteiger charge is -2.29. The third kappa shape index (κ3) is 3.66. The van der Waals surface area contributed by atoms with Gasteiger partial charge in [-0.3, -0.25) is 14.9 Å². The number of nitriles is 1. The first-order valence-electron chi connectivity index (χ1n) is 8.15. The number of fused-ring (bicyclic) bond motifs is 1. The summed E-state index contributed by atoms with van der Waals surface area (Å²) in [6.45, 7) is 0.573. The van der Waals surface area contributed by atoms with E-state index in [2.05, 4.69) is 6.07 Å². The Morgan fingerprint density at radius 1 is 1.16 bits per heavy atom. The second-order valence-corrected chi connectivity index (χ2v) is 6.03. The topological polar surface area (TPSA) is 87.2 Å². The number of nitro benzene ring substituents is 1. The van der Waals surface area contributed by atoms with E-state index in [9.17, 15) is 14.9 Å². The first kappa shape index (κ1) is 16.7. The molecular weight excluding hydrogens is 318 g/mol. The van der Waals surface area contributed by atoms with Crippen molar-refractivity contribution in [3.63, 3.8) is 0 Å². The predicted molar refractivity (Wildman–Crippen MR) is 93.2 cm³/mol. The van der Waals surface area contributed by atoms with Crippen LogP contribution in [0, 0.1) is 21.4 Å². The first-order chi connectivity index (χ1) is 12.1. The van der Waals surface area contributed by atoms with Gasteiger partial charge >= 0.3 is 0 Å². The van der Waals surface area contributed by atoms with E-state index in [1.54, 1.807) is 29.2 Å². The van der Waals surface area contributed by atoms with Crippen LogP contribution in [0.2, 0.25) is 0 Å². The van der Waals surface area contributed by atoms with Gasteiger partial charge in [0.2, 0.25) is 5.91 Å². The van der Waals surface area contributed by atoms with Crippen LogP contribution in [0.1, 0.15) is 29.5 Å². The highest BCUT2D eigenvalue weighted by atomic mass is 16.6. The average Bonchev–Trinajstić information content (AvgIpc) is 2.63. The van der Waals surface area contributed by atoms with Crippen LogP contribution in [0.3, 0.4) is 0 Å². The molecule has 0 fully saturated rings. The van der Waals surface area contributed by atoms with E-state index < -0.39 is 4.92 Å². The quantitative estimate of drug-likeness (QED) is 0.619. The SMILES string of the molecule is N#Cc1ccc(CCCN2C(=O)CCc3cc([N+](=O)[O-])ccc32)cc1. The maximum absolute atomic E-state index is 12.3. The minimum absolute atomic E-state index is 0.0566. The summed E-state index contributed by atoms with van der Waals surface area (Å²) in [7, 11) is 0. The molecule has 1 aliphatic heterocycles. The van der Waals surface area contributed by atoms with Crippen LogP contribution >= 0.6 is 0 Å². The Kier molecular flexibility index (Phi) is 4.75. The summed E-state index contributed by atoms with van der Waals surface area (Å²) in [4.78, 5) is 24.5. The number of amides is 1. The fourth-order valence-electron chi connectivity index (χ4n) is 3.09. The molecule has 2 aromatic rings. The molecule has 2 aromatic carbocycles. The molecule has 0 saturated heterocycles. The molecule has 126 valence electrons. The molecule has 0 spiro atoms. The highest BCUT2D eigenvalue weighted by Crippen LogP contribution is 2.31. The molecule has 25 heavy (non-hydrogen) atoms. The lowest BCUT2D eigenvalue weighted by Crippen LogP contribution is -2.36. The molecule has 3 rings (SSSR count). The zero-order valence-electron chi connectivity index (χ0n) is 13.6. The largest absolute Gasteiger partial charge is 0.312 e. The molecule has 0 aliphatic carbocycles. The Labute approximate surface area is 145 Å². The number of carbonyl (C=O) groups excluding carboxylic acids is 1. The molecule has 1 aliphatic rings. The van der Waals surface area contributed by atoms with Crippen molar-refractivity contribution in [1.82, 2.24) is 0 Å². The zero-order valence-corrected chi connectivity index (χ0v) is 13.6. The van der Waals surface area contributed by atoms with Gasteiger partial charge in [-0.15, -0.1) is 0 Å². The van der Waals surface area contributed by atoms with Crippen molar-refractivity contribution in [3.8, 4) is 6.07 Å². The minimum atomic E-state index is -0.411. The molecular formula is C19H17N3O3. The monoisotopic (exact) mass is 335 g/mol. The van der Waals surface area contributed by atoms with Gasteiger partial charge in [0, 0.05) is 30.8 Å². The summed E-state index contributed by atoms with van der Waals surface area (Å²) < 4.78 is 0. The summed E-state index contributed by atoms with van der Waals surface area (Å²) in [5.41, 5.74) is 3.44. The molecule has 6 nitrogen and oxygen atoms in total. The predicted octanol–water partition coefficient (Wildman–Crippen LogP) is 3.38. The Balaban J connectivity index is 1.69. The van der Waals surface area contributed by atoms with Crippen molar-refractivity contribution in [3.05, 3.63) is 69.3 Å². The molecule has 1 amide bonds. The highest BCUT2D eigenvalue weighted by molar-refractivity contribution is 5.96. The second kappa shape index (κ2) is 7.14. The Hall–Kier alpha value is -3.20. The molecule has 0 atom stereocenters. The second-order valence-electron chi connectivity index (χ2n) is 6.03. The Morgan fingerprint density at radius 2 is 1.92 bits per heavy atom. The van der Waals surface area contributed by atoms with E-state index in [4.69, 9.17) is 5.26 Å². The van der Waals surface area contributed by atoms with Gasteiger partial charge in [0.25, 0.3) is 5.69 Å². The van der Waals surface area contributed by atoms with Crippen molar-refractivity contribution in [2.75, 3.05) is 11.4 Å². The van der Waals surface area contributed by atoms with Crippen LogP contribution in [0.15, 0.2) is 42.5 Å². The molecule has 0 aromatic heterocycles. The lowest BCUT2D eigenvalue weighted by atomic mass is 9.99. The number of nitro groups is 1. The summed E-state index contributed by atoms with van der Waals surface area (Å²) in [6.07, 6.45) is 2.51. The first-order valence-corrected chi connectivity index (χ1v) is 8.15. The van der Waals surface area contributed by atoms with Crippen LogP contribution in [0.25, 0.3) is 0 Å². The van der Waals surface area contributed by atoms with Gasteiger partial charge in [0.05, 0.1) is 16.6 Å². The highest BCUT2D eigenvalue weighted by Gasteiger charge is 2.25. The van der Waals surface area contributed by atoms with Gasteiger partial charge in [0.1, 0.15) is 0 Å². The third-order valence-corrected chi connectivity index (χ3v) is 4.40. The number of nitrogens with zero attached hydrogens (tertiary/aromatic N) is 3. The van der Waals surface area contributed by atoms with Crippen molar-refractivity contribution in [2.45, 2.75) is 25.7 Å². The smallest absolute Gasteiger partial charge is 0.269 e. The Morgan fingerprint density at radius 3 is 2.60 bits per heavy atom. The fourth-order valence-corrected chi connectivity index (χ4v) is 3.09. The number of anilines is 1. The standard InChI is InChI=1S/C19H17N3O3/c20-13-15-5-3-14(4-6-15)2-1-11-21-18-9-8-17(22(24)25)12-16(18)7-10-19(21)23/h3-6,8-9,12H,1-2,7,10-11H2. The number of aryl methyl sites for hydroxylation is 2. The van der Waals surface area contributed by atoms with Gasteiger partial charge in [0.15, 0.2) is 0 Å². The summed E-state index contributed by atoms with van der Waals surface area (Å²) in [6, 6.07) is 14.2. The number of hydrogen-bond donors (Lipinski definition) is 0.